The van der Waals surface area contributed by atoms with Crippen LogP contribution in [-0.2, 0) is 4.79 Å². The molecule has 1 aromatic carbocycles. The third-order valence-corrected chi connectivity index (χ3v) is 2.74. The van der Waals surface area contributed by atoms with Crippen LogP contribution in [0.15, 0.2) is 24.3 Å². The normalized spacial score (nSPS) is 21.4. The van der Waals surface area contributed by atoms with Crippen molar-refractivity contribution < 1.29 is 4.79 Å². The number of rotatable bonds is 2. The highest BCUT2D eigenvalue weighted by Crippen LogP contribution is 2.21. The maximum absolute atomic E-state index is 11.2. The van der Waals surface area contributed by atoms with Gasteiger partial charge in [0.05, 0.1) is 0 Å². The lowest BCUT2D eigenvalue weighted by Gasteiger charge is -2.22. The molecule has 1 unspecified atom stereocenters. The van der Waals surface area contributed by atoms with Crippen LogP contribution in [0.25, 0.3) is 0 Å². The van der Waals surface area contributed by atoms with Crippen molar-refractivity contribution in [3.05, 3.63) is 35.7 Å². The molecule has 0 saturated heterocycles. The summed E-state index contributed by atoms with van der Waals surface area (Å²) in [6.07, 6.45) is 4.43. The fourth-order valence-electron chi connectivity index (χ4n) is 1.79. The van der Waals surface area contributed by atoms with E-state index in [1.807, 2.05) is 24.3 Å². The fourth-order valence-corrected chi connectivity index (χ4v) is 1.98. The van der Waals surface area contributed by atoms with Crippen LogP contribution in [0.5, 0.6) is 0 Å². The van der Waals surface area contributed by atoms with Gasteiger partial charge < -0.3 is 5.32 Å². The second-order valence-corrected chi connectivity index (χ2v) is 4.22. The van der Waals surface area contributed by atoms with Crippen LogP contribution in [0.1, 0.15) is 19.3 Å². The van der Waals surface area contributed by atoms with E-state index in [0.717, 1.165) is 18.5 Å². The Kier molecular flexibility index (Phi) is 3.27. The highest BCUT2D eigenvalue weighted by Gasteiger charge is 2.19. The molecule has 0 spiro atoms. The summed E-state index contributed by atoms with van der Waals surface area (Å²) >= 11 is 5.87. The van der Waals surface area contributed by atoms with Gasteiger partial charge in [0.1, 0.15) is 5.78 Å². The van der Waals surface area contributed by atoms with Gasteiger partial charge in [0.2, 0.25) is 0 Å². The van der Waals surface area contributed by atoms with Gasteiger partial charge in [-0.15, -0.1) is 0 Å². The number of anilines is 1. The predicted molar refractivity (Wildman–Crippen MR) is 62.0 cm³/mol. The smallest absolute Gasteiger partial charge is 0.138 e. The van der Waals surface area contributed by atoms with Gasteiger partial charge in [-0.1, -0.05) is 17.7 Å². The average molecular weight is 223 g/mol. The maximum atomic E-state index is 11.2. The van der Waals surface area contributed by atoms with Gasteiger partial charge in [-0.2, -0.15) is 0 Å². The molecular formula is C12H13ClNO. The fraction of sp³-hybridized carbons (Fsp3) is 0.333. The molecule has 0 aromatic heterocycles. The number of carbonyl (C=O) groups is 1. The van der Waals surface area contributed by atoms with Gasteiger partial charge in [-0.3, -0.25) is 4.79 Å². The molecule has 0 heterocycles. The largest absolute Gasteiger partial charge is 0.382 e. The van der Waals surface area contributed by atoms with Crippen LogP contribution >= 0.6 is 11.6 Å². The Morgan fingerprint density at radius 1 is 1.40 bits per heavy atom. The zero-order valence-electron chi connectivity index (χ0n) is 8.37. The van der Waals surface area contributed by atoms with Crippen molar-refractivity contribution in [3.8, 4) is 0 Å². The minimum atomic E-state index is 0.157. The summed E-state index contributed by atoms with van der Waals surface area (Å²) in [6, 6.07) is 7.72. The lowest BCUT2D eigenvalue weighted by Crippen LogP contribution is -2.28. The van der Waals surface area contributed by atoms with Crippen molar-refractivity contribution in [3.63, 3.8) is 0 Å². The summed E-state index contributed by atoms with van der Waals surface area (Å²) in [6.45, 7) is 0. The molecule has 3 heteroatoms. The second-order valence-electron chi connectivity index (χ2n) is 3.79. The first-order valence-corrected chi connectivity index (χ1v) is 5.51. The molecule has 79 valence electrons. The van der Waals surface area contributed by atoms with Crippen LogP contribution in [0.4, 0.5) is 5.69 Å². The highest BCUT2D eigenvalue weighted by molar-refractivity contribution is 6.30. The van der Waals surface area contributed by atoms with Gasteiger partial charge in [-0.05, 0) is 31.0 Å². The highest BCUT2D eigenvalue weighted by atomic mass is 35.5. The van der Waals surface area contributed by atoms with Crippen molar-refractivity contribution in [2.45, 2.75) is 25.3 Å². The van der Waals surface area contributed by atoms with Crippen LogP contribution in [0, 0.1) is 6.42 Å². The minimum absolute atomic E-state index is 0.157. The van der Waals surface area contributed by atoms with Gasteiger partial charge in [0, 0.05) is 29.6 Å². The van der Waals surface area contributed by atoms with Crippen molar-refractivity contribution in [1.82, 2.24) is 0 Å². The van der Waals surface area contributed by atoms with E-state index in [1.165, 1.54) is 0 Å². The first-order chi connectivity index (χ1) is 7.24. The molecule has 2 nitrogen and oxygen atoms in total. The van der Waals surface area contributed by atoms with E-state index >= 15 is 0 Å². The predicted octanol–water partition coefficient (Wildman–Crippen LogP) is 3.08. The number of halogens is 1. The summed E-state index contributed by atoms with van der Waals surface area (Å²) in [5.74, 6) is 0.237. The Labute approximate surface area is 94.6 Å². The Balaban J connectivity index is 1.99. The Hall–Kier alpha value is -1.02. The number of ketones is 1. The van der Waals surface area contributed by atoms with Crippen molar-refractivity contribution in [2.24, 2.45) is 0 Å². The number of benzene rings is 1. The molecule has 1 fully saturated rings. The van der Waals surface area contributed by atoms with Gasteiger partial charge in [0.25, 0.3) is 0 Å². The average Bonchev–Trinajstić information content (AvgIpc) is 2.17. The maximum Gasteiger partial charge on any atom is 0.138 e. The standard InChI is InChI=1S/C12H13ClNO/c13-9-3-1-4-10(7-9)14-11-5-2-6-12(15)8-11/h1,3-4,7-8,11,14H,2,5-6H2. The van der Waals surface area contributed by atoms with E-state index in [2.05, 4.69) is 5.32 Å². The zero-order chi connectivity index (χ0) is 10.7. The summed E-state index contributed by atoms with van der Waals surface area (Å²) in [5, 5.41) is 4.00. The summed E-state index contributed by atoms with van der Waals surface area (Å²) < 4.78 is 0. The Morgan fingerprint density at radius 3 is 3.00 bits per heavy atom. The van der Waals surface area contributed by atoms with Gasteiger partial charge in [-0.25, -0.2) is 0 Å². The molecule has 1 atom stereocenters. The molecular weight excluding hydrogens is 210 g/mol. The van der Waals surface area contributed by atoms with Gasteiger partial charge >= 0.3 is 0 Å². The molecule has 1 aromatic rings. The first kappa shape index (κ1) is 10.5. The van der Waals surface area contributed by atoms with E-state index in [-0.39, 0.29) is 11.8 Å². The van der Waals surface area contributed by atoms with Crippen molar-refractivity contribution in [1.29, 1.82) is 0 Å². The number of Topliss-reactive ketones (excluding diaryl/α,β-unsaturated/α-hetero) is 1. The Morgan fingerprint density at radius 2 is 2.27 bits per heavy atom. The lowest BCUT2D eigenvalue weighted by molar-refractivity contribution is -0.116. The molecule has 1 N–H and O–H groups in total. The third kappa shape index (κ3) is 2.96. The van der Waals surface area contributed by atoms with Crippen molar-refractivity contribution in [2.75, 3.05) is 5.32 Å². The summed E-state index contributed by atoms with van der Waals surface area (Å²) in [5.41, 5.74) is 0.971. The lowest BCUT2D eigenvalue weighted by atomic mass is 9.94. The number of hydrogen-bond donors (Lipinski definition) is 1. The van der Waals surface area contributed by atoms with Crippen molar-refractivity contribution >= 4 is 23.1 Å². The number of nitrogens with one attached hydrogen (secondary N) is 1. The van der Waals surface area contributed by atoms with E-state index in [9.17, 15) is 4.79 Å². The third-order valence-electron chi connectivity index (χ3n) is 2.50. The van der Waals surface area contributed by atoms with Crippen LogP contribution in [0.3, 0.4) is 0 Å². The summed E-state index contributed by atoms with van der Waals surface area (Å²) in [7, 11) is 0. The molecule has 1 radical (unpaired) electrons. The molecule has 1 saturated carbocycles. The molecule has 0 amide bonds. The summed E-state index contributed by atoms with van der Waals surface area (Å²) in [4.78, 5) is 11.2. The van der Waals surface area contributed by atoms with E-state index in [4.69, 9.17) is 11.6 Å². The topological polar surface area (TPSA) is 29.1 Å². The van der Waals surface area contributed by atoms with E-state index in [1.54, 1.807) is 6.42 Å². The minimum Gasteiger partial charge on any atom is -0.382 e. The quantitative estimate of drug-likeness (QED) is 0.833. The number of hydrogen-bond acceptors (Lipinski definition) is 2. The van der Waals surface area contributed by atoms with E-state index < -0.39 is 0 Å². The number of carbonyl (C=O) groups excluding carboxylic acids is 1. The van der Waals surface area contributed by atoms with Crippen LogP contribution in [0.2, 0.25) is 5.02 Å². The van der Waals surface area contributed by atoms with Crippen LogP contribution in [-0.4, -0.2) is 11.8 Å². The first-order valence-electron chi connectivity index (χ1n) is 5.14. The van der Waals surface area contributed by atoms with Gasteiger partial charge in [0.15, 0.2) is 0 Å². The molecule has 15 heavy (non-hydrogen) atoms. The molecule has 2 rings (SSSR count). The molecule has 1 aliphatic carbocycles. The Bertz CT molecular complexity index is 364. The van der Waals surface area contributed by atoms with Crippen LogP contribution < -0.4 is 5.32 Å². The molecule has 1 aliphatic rings. The van der Waals surface area contributed by atoms with E-state index in [0.29, 0.717) is 11.4 Å². The SMILES string of the molecule is O=C1[CH]C(Nc2cccc(Cl)c2)CCC1. The molecule has 0 bridgehead atoms. The molecule has 0 aliphatic heterocycles. The zero-order valence-corrected chi connectivity index (χ0v) is 9.13. The second kappa shape index (κ2) is 4.67. The monoisotopic (exact) mass is 222 g/mol.